The Kier molecular flexibility index (Phi) is 6.46. The smallest absolute Gasteiger partial charge is 0.177 e. The van der Waals surface area contributed by atoms with Crippen LogP contribution in [0.15, 0.2) is 48.9 Å². The molecule has 6 rings (SSSR count). The number of hydrogen-bond acceptors (Lipinski definition) is 8. The molecule has 2 aliphatic rings. The molecule has 3 aromatic heterocycles. The number of ether oxygens (including phenoxy) is 1. The maximum atomic E-state index is 12.0. The number of anilines is 1. The Hall–Kier alpha value is -2.92. The summed E-state index contributed by atoms with van der Waals surface area (Å²) in [6, 6.07) is 9.52. The van der Waals surface area contributed by atoms with E-state index in [4.69, 9.17) is 38.7 Å². The van der Waals surface area contributed by atoms with E-state index in [1.54, 1.807) is 6.07 Å². The van der Waals surface area contributed by atoms with Gasteiger partial charge in [0, 0.05) is 48.2 Å². The van der Waals surface area contributed by atoms with Gasteiger partial charge in [-0.1, -0.05) is 23.2 Å². The van der Waals surface area contributed by atoms with Crippen LogP contribution in [0.1, 0.15) is 31.1 Å². The van der Waals surface area contributed by atoms with Gasteiger partial charge in [0.2, 0.25) is 0 Å². The molecule has 0 aliphatic carbocycles. The van der Waals surface area contributed by atoms with E-state index in [1.807, 2.05) is 30.5 Å². The van der Waals surface area contributed by atoms with Crippen LogP contribution in [0.25, 0.3) is 22.2 Å². The predicted molar refractivity (Wildman–Crippen MR) is 148 cm³/mol. The molecule has 2 aliphatic heterocycles. The molecule has 1 aromatic carbocycles. The van der Waals surface area contributed by atoms with Gasteiger partial charge in [0.05, 0.1) is 27.1 Å². The molecule has 0 unspecified atom stereocenters. The standard InChI is InChI=1S/C26H26Cl2N6O3S/c27-19-13-30-14-20(28)23(19)25(29)37-17-2-3-21-18(11-17)24(33-32-21)16-1-4-22(31-12-16)34-8-5-26(6-9-34)7-10-38(35,36)15-26/h1-4,11-14,25H,5-10,15,29H2,(H,32,33)/t25-/m0/s1. The molecule has 1 spiro atoms. The Morgan fingerprint density at radius 2 is 1.82 bits per heavy atom. The molecule has 2 saturated heterocycles. The zero-order chi connectivity index (χ0) is 26.5. The van der Waals surface area contributed by atoms with E-state index in [-0.39, 0.29) is 5.41 Å². The van der Waals surface area contributed by atoms with Crippen LogP contribution in [0.4, 0.5) is 5.82 Å². The summed E-state index contributed by atoms with van der Waals surface area (Å²) < 4.78 is 30.0. The molecule has 0 saturated carbocycles. The van der Waals surface area contributed by atoms with Crippen LogP contribution >= 0.6 is 23.2 Å². The summed E-state index contributed by atoms with van der Waals surface area (Å²) in [5.41, 5.74) is 9.11. The summed E-state index contributed by atoms with van der Waals surface area (Å²) in [5.74, 6) is 2.07. The highest BCUT2D eigenvalue weighted by Gasteiger charge is 2.44. The minimum Gasteiger partial charge on any atom is -0.471 e. The van der Waals surface area contributed by atoms with Crippen LogP contribution in [-0.2, 0) is 9.84 Å². The van der Waals surface area contributed by atoms with Crippen molar-refractivity contribution in [2.24, 2.45) is 11.1 Å². The van der Waals surface area contributed by atoms with Crippen LogP contribution in [0.5, 0.6) is 5.75 Å². The summed E-state index contributed by atoms with van der Waals surface area (Å²) in [4.78, 5) is 10.9. The second-order valence-corrected chi connectivity index (χ2v) is 13.1. The number of H-pyrrole nitrogens is 1. The molecule has 9 nitrogen and oxygen atoms in total. The molecule has 3 N–H and O–H groups in total. The maximum absolute atomic E-state index is 12.0. The molecule has 0 bridgehead atoms. The van der Waals surface area contributed by atoms with E-state index in [0.717, 1.165) is 60.3 Å². The number of benzene rings is 1. The van der Waals surface area contributed by atoms with Crippen molar-refractivity contribution in [3.8, 4) is 17.0 Å². The average Bonchev–Trinajstić information content (AvgIpc) is 3.44. The van der Waals surface area contributed by atoms with Gasteiger partial charge in [-0.05, 0) is 55.0 Å². The van der Waals surface area contributed by atoms with E-state index in [2.05, 4.69) is 20.1 Å². The SMILES string of the molecule is N[C@@H](Oc1ccc2[nH]nc(-c3ccc(N4CCC5(CC4)CCS(=O)(=O)C5)nc3)c2c1)c1c(Cl)cncc1Cl. The molecule has 38 heavy (non-hydrogen) atoms. The average molecular weight is 574 g/mol. The quantitative estimate of drug-likeness (QED) is 0.327. The monoisotopic (exact) mass is 572 g/mol. The molecular weight excluding hydrogens is 547 g/mol. The van der Waals surface area contributed by atoms with Crippen molar-refractivity contribution in [3.63, 3.8) is 0 Å². The number of halogens is 2. The van der Waals surface area contributed by atoms with E-state index in [9.17, 15) is 8.42 Å². The predicted octanol–water partition coefficient (Wildman–Crippen LogP) is 4.77. The number of aromatic nitrogens is 4. The molecule has 2 fully saturated rings. The highest BCUT2D eigenvalue weighted by Crippen LogP contribution is 2.42. The van der Waals surface area contributed by atoms with E-state index < -0.39 is 16.1 Å². The molecule has 12 heteroatoms. The van der Waals surface area contributed by atoms with Gasteiger partial charge < -0.3 is 9.64 Å². The van der Waals surface area contributed by atoms with Gasteiger partial charge in [-0.3, -0.25) is 15.8 Å². The second kappa shape index (κ2) is 9.68. The first-order chi connectivity index (χ1) is 18.2. The summed E-state index contributed by atoms with van der Waals surface area (Å²) >= 11 is 12.5. The fourth-order valence-electron chi connectivity index (χ4n) is 5.49. The van der Waals surface area contributed by atoms with Gasteiger partial charge in [0.15, 0.2) is 16.1 Å². The van der Waals surface area contributed by atoms with E-state index in [0.29, 0.717) is 32.9 Å². The first-order valence-electron chi connectivity index (χ1n) is 12.3. The van der Waals surface area contributed by atoms with Gasteiger partial charge in [-0.25, -0.2) is 13.4 Å². The topological polar surface area (TPSA) is 127 Å². The number of nitrogens with zero attached hydrogens (tertiary/aromatic N) is 4. The zero-order valence-electron chi connectivity index (χ0n) is 20.4. The van der Waals surface area contributed by atoms with Crippen LogP contribution in [0, 0.1) is 5.41 Å². The lowest BCUT2D eigenvalue weighted by Gasteiger charge is -2.39. The van der Waals surface area contributed by atoms with Crippen molar-refractivity contribution in [2.75, 3.05) is 29.5 Å². The Morgan fingerprint density at radius 3 is 2.47 bits per heavy atom. The third-order valence-electron chi connectivity index (χ3n) is 7.61. The zero-order valence-corrected chi connectivity index (χ0v) is 22.7. The Bertz CT molecular complexity index is 1580. The Labute approximate surface area is 230 Å². The number of nitrogens with one attached hydrogen (secondary N) is 1. The number of rotatable bonds is 5. The summed E-state index contributed by atoms with van der Waals surface area (Å²) in [6.07, 6.45) is 6.41. The Balaban J connectivity index is 1.19. The third kappa shape index (κ3) is 4.82. The van der Waals surface area contributed by atoms with Crippen molar-refractivity contribution in [1.29, 1.82) is 0 Å². The molecule has 198 valence electrons. The highest BCUT2D eigenvalue weighted by molar-refractivity contribution is 7.91. The van der Waals surface area contributed by atoms with Crippen LogP contribution in [-0.4, -0.2) is 53.2 Å². The number of hydrogen-bond donors (Lipinski definition) is 2. The normalized spacial score (nSPS) is 19.2. The lowest BCUT2D eigenvalue weighted by Crippen LogP contribution is -2.41. The van der Waals surface area contributed by atoms with Crippen molar-refractivity contribution in [3.05, 3.63) is 64.5 Å². The molecule has 4 aromatic rings. The minimum absolute atomic E-state index is 0.0559. The minimum atomic E-state index is -2.89. The van der Waals surface area contributed by atoms with E-state index in [1.165, 1.54) is 12.4 Å². The fourth-order valence-corrected chi connectivity index (χ4v) is 8.32. The highest BCUT2D eigenvalue weighted by atomic mass is 35.5. The van der Waals surface area contributed by atoms with Gasteiger partial charge >= 0.3 is 0 Å². The molecule has 0 amide bonds. The van der Waals surface area contributed by atoms with Crippen LogP contribution in [0.2, 0.25) is 10.0 Å². The third-order valence-corrected chi connectivity index (χ3v) is 10.1. The fraction of sp³-hybridized carbons (Fsp3) is 0.346. The number of pyridine rings is 2. The summed E-state index contributed by atoms with van der Waals surface area (Å²) in [7, 11) is -2.89. The largest absolute Gasteiger partial charge is 0.471 e. The Morgan fingerprint density at radius 1 is 1.05 bits per heavy atom. The number of fused-ring (bicyclic) bond motifs is 1. The van der Waals surface area contributed by atoms with Crippen LogP contribution in [0.3, 0.4) is 0 Å². The number of aromatic amines is 1. The number of nitrogens with two attached hydrogens (primary N) is 1. The van der Waals surface area contributed by atoms with Crippen molar-refractivity contribution < 1.29 is 13.2 Å². The van der Waals surface area contributed by atoms with Gasteiger partial charge in [-0.2, -0.15) is 5.10 Å². The lowest BCUT2D eigenvalue weighted by molar-refractivity contribution is 0.214. The van der Waals surface area contributed by atoms with Gasteiger partial charge in [0.25, 0.3) is 0 Å². The molecular formula is C26H26Cl2N6O3S. The maximum Gasteiger partial charge on any atom is 0.177 e. The summed E-state index contributed by atoms with van der Waals surface area (Å²) in [5, 5.41) is 9.08. The molecule has 5 heterocycles. The van der Waals surface area contributed by atoms with E-state index >= 15 is 0 Å². The summed E-state index contributed by atoms with van der Waals surface area (Å²) in [6.45, 7) is 1.61. The number of piperidine rings is 1. The lowest BCUT2D eigenvalue weighted by atomic mass is 9.78. The van der Waals surface area contributed by atoms with Crippen LogP contribution < -0.4 is 15.4 Å². The number of sulfone groups is 1. The van der Waals surface area contributed by atoms with Crippen molar-refractivity contribution in [2.45, 2.75) is 25.5 Å². The first kappa shape index (κ1) is 25.4. The van der Waals surface area contributed by atoms with Gasteiger partial charge in [-0.15, -0.1) is 0 Å². The molecule has 1 atom stereocenters. The molecule has 0 radical (unpaired) electrons. The van der Waals surface area contributed by atoms with Crippen molar-refractivity contribution >= 4 is 49.8 Å². The van der Waals surface area contributed by atoms with Gasteiger partial charge in [0.1, 0.15) is 17.3 Å². The second-order valence-electron chi connectivity index (χ2n) is 10.1. The van der Waals surface area contributed by atoms with Crippen molar-refractivity contribution in [1.82, 2.24) is 20.2 Å². The first-order valence-corrected chi connectivity index (χ1v) is 14.9.